The van der Waals surface area contributed by atoms with Crippen molar-refractivity contribution in [3.63, 3.8) is 0 Å². The fourth-order valence-electron chi connectivity index (χ4n) is 3.47. The summed E-state index contributed by atoms with van der Waals surface area (Å²) in [5, 5.41) is 20.5. The molecule has 1 aromatic heterocycles. The number of nitrogens with one attached hydrogen (secondary N) is 2. The summed E-state index contributed by atoms with van der Waals surface area (Å²) in [7, 11) is 0. The van der Waals surface area contributed by atoms with Crippen molar-refractivity contribution in [2.75, 3.05) is 13.1 Å². The van der Waals surface area contributed by atoms with E-state index in [1.54, 1.807) is 6.07 Å². The number of β-amino-alcohol motifs (C(OH)–C–C–N with tert-alkyl or cyclic N) is 1. The molecule has 1 amide bonds. The first-order chi connectivity index (χ1) is 13.7. The van der Waals surface area contributed by atoms with Gasteiger partial charge >= 0.3 is 0 Å². The number of aliphatic hydroxyl groups is 1. The zero-order valence-corrected chi connectivity index (χ0v) is 15.6. The Hall–Kier alpha value is -2.96. The number of rotatable bonds is 5. The molecule has 0 bridgehead atoms. The van der Waals surface area contributed by atoms with Crippen LogP contribution >= 0.6 is 0 Å². The van der Waals surface area contributed by atoms with Crippen LogP contribution in [0, 0.1) is 0 Å². The molecule has 3 aromatic rings. The maximum Gasteiger partial charge on any atom is 0.251 e. The van der Waals surface area contributed by atoms with Crippen LogP contribution in [0.3, 0.4) is 0 Å². The largest absolute Gasteiger partial charge is 0.390 e. The molecule has 0 spiro atoms. The second-order valence-electron chi connectivity index (χ2n) is 7.13. The molecule has 4 rings (SSSR count). The Balaban J connectivity index is 1.47. The highest BCUT2D eigenvalue weighted by atomic mass is 16.3. The van der Waals surface area contributed by atoms with Crippen molar-refractivity contribution in [1.82, 2.24) is 20.4 Å². The van der Waals surface area contributed by atoms with Crippen LogP contribution in [-0.2, 0) is 6.54 Å². The van der Waals surface area contributed by atoms with Crippen molar-refractivity contribution in [2.24, 2.45) is 0 Å². The first-order valence-electron chi connectivity index (χ1n) is 9.55. The summed E-state index contributed by atoms with van der Waals surface area (Å²) in [6.45, 7) is 2.00. The summed E-state index contributed by atoms with van der Waals surface area (Å²) in [6.07, 6.45) is 3.97. The molecule has 1 aliphatic rings. The highest BCUT2D eigenvalue weighted by Crippen LogP contribution is 2.20. The predicted octanol–water partition coefficient (Wildman–Crippen LogP) is 2.05. The zero-order valence-electron chi connectivity index (χ0n) is 15.6. The fraction of sp³-hybridized carbons (Fsp3) is 0.273. The van der Waals surface area contributed by atoms with Crippen LogP contribution < -0.4 is 10.6 Å². The summed E-state index contributed by atoms with van der Waals surface area (Å²) in [4.78, 5) is 12.6. The smallest absolute Gasteiger partial charge is 0.251 e. The maximum atomic E-state index is 12.6. The van der Waals surface area contributed by atoms with Crippen LogP contribution in [0.1, 0.15) is 22.3 Å². The monoisotopic (exact) mass is 376 g/mol. The topological polar surface area (TPSA) is 79.2 Å². The molecule has 1 fully saturated rings. The Morgan fingerprint density at radius 2 is 2.04 bits per heavy atom. The molecular weight excluding hydrogens is 352 g/mol. The van der Waals surface area contributed by atoms with E-state index in [4.69, 9.17) is 0 Å². The van der Waals surface area contributed by atoms with Crippen molar-refractivity contribution < 1.29 is 9.90 Å². The lowest BCUT2D eigenvalue weighted by molar-refractivity contribution is 0.0765. The second kappa shape index (κ2) is 8.37. The molecule has 0 radical (unpaired) electrons. The summed E-state index contributed by atoms with van der Waals surface area (Å²) in [6, 6.07) is 17.5. The van der Waals surface area contributed by atoms with E-state index in [9.17, 15) is 9.90 Å². The van der Waals surface area contributed by atoms with Gasteiger partial charge in [-0.2, -0.15) is 5.10 Å². The molecular formula is C22H24N4O2. The van der Waals surface area contributed by atoms with Crippen molar-refractivity contribution in [1.29, 1.82) is 0 Å². The average Bonchev–Trinajstić information content (AvgIpc) is 3.19. The van der Waals surface area contributed by atoms with Gasteiger partial charge in [-0.1, -0.05) is 42.5 Å². The fourth-order valence-corrected chi connectivity index (χ4v) is 3.47. The zero-order chi connectivity index (χ0) is 19.3. The van der Waals surface area contributed by atoms with Crippen LogP contribution in [0.25, 0.3) is 11.1 Å². The quantitative estimate of drug-likeness (QED) is 0.637. The van der Waals surface area contributed by atoms with Crippen molar-refractivity contribution in [3.8, 4) is 11.1 Å². The molecule has 144 valence electrons. The number of amides is 1. The molecule has 6 heteroatoms. The van der Waals surface area contributed by atoms with Crippen molar-refractivity contribution >= 4 is 5.91 Å². The van der Waals surface area contributed by atoms with E-state index in [-0.39, 0.29) is 11.9 Å². The Morgan fingerprint density at radius 3 is 2.86 bits per heavy atom. The van der Waals surface area contributed by atoms with Gasteiger partial charge in [0.25, 0.3) is 5.91 Å². The van der Waals surface area contributed by atoms with Gasteiger partial charge in [-0.15, -0.1) is 0 Å². The minimum Gasteiger partial charge on any atom is -0.390 e. The van der Waals surface area contributed by atoms with Crippen LogP contribution in [0.5, 0.6) is 0 Å². The molecule has 1 aliphatic heterocycles. The second-order valence-corrected chi connectivity index (χ2v) is 7.13. The van der Waals surface area contributed by atoms with E-state index >= 15 is 0 Å². The normalized spacial score (nSPS) is 19.3. The van der Waals surface area contributed by atoms with Gasteiger partial charge in [-0.3, -0.25) is 9.48 Å². The first-order valence-corrected chi connectivity index (χ1v) is 9.55. The minimum atomic E-state index is -0.558. The number of carbonyl (C=O) groups is 1. The summed E-state index contributed by atoms with van der Waals surface area (Å²) in [5.41, 5.74) is 3.68. The molecule has 2 heterocycles. The van der Waals surface area contributed by atoms with Gasteiger partial charge in [0.05, 0.1) is 24.9 Å². The molecule has 0 unspecified atom stereocenters. The number of nitrogens with zero attached hydrogens (tertiary/aromatic N) is 2. The van der Waals surface area contributed by atoms with Gasteiger partial charge in [0.15, 0.2) is 0 Å². The third kappa shape index (κ3) is 4.30. The van der Waals surface area contributed by atoms with Crippen LogP contribution in [0.4, 0.5) is 0 Å². The Bertz CT molecular complexity index is 938. The van der Waals surface area contributed by atoms with E-state index in [1.807, 2.05) is 53.5 Å². The molecule has 2 aromatic carbocycles. The summed E-state index contributed by atoms with van der Waals surface area (Å²) < 4.78 is 1.89. The first kappa shape index (κ1) is 18.4. The van der Waals surface area contributed by atoms with E-state index in [1.165, 1.54) is 5.56 Å². The maximum absolute atomic E-state index is 12.6. The molecule has 0 aliphatic carbocycles. The van der Waals surface area contributed by atoms with Gasteiger partial charge in [0, 0.05) is 23.9 Å². The molecule has 28 heavy (non-hydrogen) atoms. The number of piperidine rings is 1. The van der Waals surface area contributed by atoms with E-state index in [2.05, 4.69) is 27.9 Å². The molecule has 3 N–H and O–H groups in total. The van der Waals surface area contributed by atoms with E-state index in [0.717, 1.165) is 24.1 Å². The van der Waals surface area contributed by atoms with Crippen LogP contribution in [0.15, 0.2) is 67.0 Å². The molecule has 2 atom stereocenters. The molecule has 6 nitrogen and oxygen atoms in total. The third-order valence-corrected chi connectivity index (χ3v) is 5.05. The number of hydrogen-bond acceptors (Lipinski definition) is 4. The highest BCUT2D eigenvalue weighted by molar-refractivity contribution is 5.95. The van der Waals surface area contributed by atoms with Gasteiger partial charge in [-0.25, -0.2) is 0 Å². The minimum absolute atomic E-state index is 0.163. The van der Waals surface area contributed by atoms with Crippen molar-refractivity contribution in [2.45, 2.75) is 25.1 Å². The third-order valence-electron chi connectivity index (χ3n) is 5.05. The van der Waals surface area contributed by atoms with Gasteiger partial charge in [-0.05, 0) is 36.2 Å². The predicted molar refractivity (Wildman–Crippen MR) is 108 cm³/mol. The average molecular weight is 376 g/mol. The standard InChI is InChI=1S/C22H24N4O2/c27-21-13-23-10-9-20(21)25-22(28)18-8-4-7-17(11-18)19-12-24-26(15-19)14-16-5-2-1-3-6-16/h1-8,11-12,15,20-21,23,27H,9-10,13-14H2,(H,25,28)/t20-,21-/m1/s1. The van der Waals surface area contributed by atoms with Gasteiger partial charge in [0.2, 0.25) is 0 Å². The van der Waals surface area contributed by atoms with Crippen LogP contribution in [0.2, 0.25) is 0 Å². The van der Waals surface area contributed by atoms with E-state index < -0.39 is 6.10 Å². The SMILES string of the molecule is O=C(N[C@@H]1CCNC[C@H]1O)c1cccc(-c2cnn(Cc3ccccc3)c2)c1. The summed E-state index contributed by atoms with van der Waals surface area (Å²) >= 11 is 0. The number of hydrogen-bond donors (Lipinski definition) is 3. The van der Waals surface area contributed by atoms with Gasteiger partial charge < -0.3 is 15.7 Å². The highest BCUT2D eigenvalue weighted by Gasteiger charge is 2.24. The lowest BCUT2D eigenvalue weighted by Crippen LogP contribution is -2.52. The Kier molecular flexibility index (Phi) is 5.50. The summed E-state index contributed by atoms with van der Waals surface area (Å²) in [5.74, 6) is -0.163. The van der Waals surface area contributed by atoms with E-state index in [0.29, 0.717) is 18.7 Å². The number of aromatic nitrogens is 2. The van der Waals surface area contributed by atoms with Gasteiger partial charge in [0.1, 0.15) is 0 Å². The lowest BCUT2D eigenvalue weighted by atomic mass is 10.0. The van der Waals surface area contributed by atoms with Crippen molar-refractivity contribution in [3.05, 3.63) is 78.1 Å². The number of aliphatic hydroxyl groups excluding tert-OH is 1. The number of carbonyl (C=O) groups excluding carboxylic acids is 1. The lowest BCUT2D eigenvalue weighted by Gasteiger charge is -2.29. The number of benzene rings is 2. The molecule has 1 saturated heterocycles. The molecule has 0 saturated carbocycles. The van der Waals surface area contributed by atoms with Crippen LogP contribution in [-0.4, -0.2) is 46.0 Å². The Morgan fingerprint density at radius 1 is 1.18 bits per heavy atom. The Labute approximate surface area is 164 Å².